The van der Waals surface area contributed by atoms with Crippen LogP contribution in [0.25, 0.3) is 5.57 Å². The van der Waals surface area contributed by atoms with Crippen LogP contribution in [0, 0.1) is 11.8 Å². The molecule has 0 saturated heterocycles. The van der Waals surface area contributed by atoms with Crippen LogP contribution >= 0.6 is 11.8 Å². The molecular weight excluding hydrogens is 357 g/mol. The third-order valence-electron chi connectivity index (χ3n) is 3.46. The molecule has 1 aromatic rings. The first-order valence-corrected chi connectivity index (χ1v) is 9.35. The standard InChI is InChI=1S/C20H27F3N2S/c1-13(2)11-24-16(6)26-19(14(3)4)25-12-15(5)17-8-7-9-18(10-17)20(21,22)23/h7-10,12-14,24H,6,11H2,1-5H3/b15-12+,25-19?. The van der Waals surface area contributed by atoms with E-state index in [-0.39, 0.29) is 5.92 Å². The fourth-order valence-corrected chi connectivity index (χ4v) is 2.70. The summed E-state index contributed by atoms with van der Waals surface area (Å²) in [5.41, 5.74) is 0.528. The third kappa shape index (κ3) is 7.68. The van der Waals surface area contributed by atoms with Gasteiger partial charge in [0.1, 0.15) is 0 Å². The molecule has 0 aromatic heterocycles. The average molecular weight is 385 g/mol. The van der Waals surface area contributed by atoms with Crippen molar-refractivity contribution in [1.29, 1.82) is 0 Å². The zero-order chi connectivity index (χ0) is 19.9. The Morgan fingerprint density at radius 2 is 1.92 bits per heavy atom. The molecular formula is C20H27F3N2S. The number of thioether (sulfide) groups is 1. The van der Waals surface area contributed by atoms with Crippen molar-refractivity contribution in [3.05, 3.63) is 53.2 Å². The van der Waals surface area contributed by atoms with E-state index in [0.29, 0.717) is 17.1 Å². The fourth-order valence-electron chi connectivity index (χ4n) is 1.95. The van der Waals surface area contributed by atoms with Crippen LogP contribution in [-0.4, -0.2) is 11.6 Å². The molecule has 0 bridgehead atoms. The highest BCUT2D eigenvalue weighted by molar-refractivity contribution is 8.17. The minimum Gasteiger partial charge on any atom is -0.380 e. The van der Waals surface area contributed by atoms with Crippen molar-refractivity contribution in [2.75, 3.05) is 6.54 Å². The quantitative estimate of drug-likeness (QED) is 0.425. The van der Waals surface area contributed by atoms with Gasteiger partial charge in [0.05, 0.1) is 15.6 Å². The van der Waals surface area contributed by atoms with Gasteiger partial charge in [-0.05, 0) is 36.1 Å². The molecule has 1 N–H and O–H groups in total. The molecule has 26 heavy (non-hydrogen) atoms. The van der Waals surface area contributed by atoms with E-state index in [1.165, 1.54) is 17.8 Å². The van der Waals surface area contributed by atoms with Gasteiger partial charge in [-0.1, -0.05) is 58.2 Å². The average Bonchev–Trinajstić information content (AvgIpc) is 2.55. The topological polar surface area (TPSA) is 24.4 Å². The molecule has 1 aromatic carbocycles. The second kappa shape index (κ2) is 9.86. The van der Waals surface area contributed by atoms with Crippen LogP contribution in [0.5, 0.6) is 0 Å². The predicted octanol–water partition coefficient (Wildman–Crippen LogP) is 6.57. The van der Waals surface area contributed by atoms with Crippen LogP contribution in [0.15, 0.2) is 47.1 Å². The van der Waals surface area contributed by atoms with E-state index >= 15 is 0 Å². The van der Waals surface area contributed by atoms with E-state index in [1.54, 1.807) is 19.2 Å². The Balaban J connectivity index is 2.95. The van der Waals surface area contributed by atoms with Gasteiger partial charge in [-0.3, -0.25) is 4.99 Å². The zero-order valence-electron chi connectivity index (χ0n) is 15.9. The van der Waals surface area contributed by atoms with Crippen LogP contribution in [0.3, 0.4) is 0 Å². The van der Waals surface area contributed by atoms with Crippen molar-refractivity contribution < 1.29 is 13.2 Å². The first-order chi connectivity index (χ1) is 12.0. The van der Waals surface area contributed by atoms with Gasteiger partial charge < -0.3 is 5.32 Å². The molecule has 6 heteroatoms. The molecule has 2 nitrogen and oxygen atoms in total. The predicted molar refractivity (Wildman–Crippen MR) is 107 cm³/mol. The lowest BCUT2D eigenvalue weighted by Crippen LogP contribution is -2.18. The zero-order valence-corrected chi connectivity index (χ0v) is 16.8. The molecule has 0 spiro atoms. The first-order valence-electron chi connectivity index (χ1n) is 8.53. The van der Waals surface area contributed by atoms with Crippen LogP contribution < -0.4 is 5.32 Å². The van der Waals surface area contributed by atoms with E-state index in [1.807, 2.05) is 13.8 Å². The fraction of sp³-hybridized carbons (Fsp3) is 0.450. The van der Waals surface area contributed by atoms with Crippen molar-refractivity contribution in [1.82, 2.24) is 5.32 Å². The number of hydrogen-bond donors (Lipinski definition) is 1. The number of rotatable bonds is 7. The number of allylic oxidation sites excluding steroid dienone is 1. The monoisotopic (exact) mass is 384 g/mol. The molecule has 0 fully saturated rings. The van der Waals surface area contributed by atoms with Gasteiger partial charge in [0, 0.05) is 18.7 Å². The Morgan fingerprint density at radius 3 is 2.46 bits per heavy atom. The Bertz CT molecular complexity index is 674. The molecule has 144 valence electrons. The van der Waals surface area contributed by atoms with E-state index in [2.05, 4.69) is 30.7 Å². The van der Waals surface area contributed by atoms with Gasteiger partial charge in [0.25, 0.3) is 0 Å². The van der Waals surface area contributed by atoms with Crippen molar-refractivity contribution in [2.24, 2.45) is 16.8 Å². The Morgan fingerprint density at radius 1 is 1.27 bits per heavy atom. The summed E-state index contributed by atoms with van der Waals surface area (Å²) < 4.78 is 38.6. The minimum absolute atomic E-state index is 0.183. The number of aliphatic imine (C=N–C) groups is 1. The lowest BCUT2D eigenvalue weighted by Gasteiger charge is -2.14. The molecule has 0 aliphatic heterocycles. The van der Waals surface area contributed by atoms with Gasteiger partial charge >= 0.3 is 6.18 Å². The van der Waals surface area contributed by atoms with Crippen molar-refractivity contribution >= 4 is 22.4 Å². The SMILES string of the molecule is C=C(NCC(C)C)SC(=N/C=C(\C)c1cccc(C(F)(F)F)c1)C(C)C. The first kappa shape index (κ1) is 22.4. The van der Waals surface area contributed by atoms with Crippen molar-refractivity contribution in [3.8, 4) is 0 Å². The lowest BCUT2D eigenvalue weighted by atomic mass is 10.1. The smallest absolute Gasteiger partial charge is 0.380 e. The van der Waals surface area contributed by atoms with E-state index in [9.17, 15) is 13.2 Å². The van der Waals surface area contributed by atoms with Gasteiger partial charge in [-0.2, -0.15) is 13.2 Å². The Labute approximate surface area is 158 Å². The third-order valence-corrected chi connectivity index (χ3v) is 4.64. The van der Waals surface area contributed by atoms with E-state index < -0.39 is 11.7 Å². The van der Waals surface area contributed by atoms with Gasteiger partial charge in [-0.25, -0.2) is 0 Å². The molecule has 0 saturated carbocycles. The normalized spacial score (nSPS) is 13.5. The maximum Gasteiger partial charge on any atom is 0.416 e. The summed E-state index contributed by atoms with van der Waals surface area (Å²) in [7, 11) is 0. The maximum absolute atomic E-state index is 12.9. The van der Waals surface area contributed by atoms with Crippen molar-refractivity contribution in [3.63, 3.8) is 0 Å². The molecule has 1 rings (SSSR count). The number of hydrogen-bond acceptors (Lipinski definition) is 3. The number of nitrogens with one attached hydrogen (secondary N) is 1. The molecule has 0 aliphatic carbocycles. The van der Waals surface area contributed by atoms with E-state index in [0.717, 1.165) is 28.8 Å². The summed E-state index contributed by atoms with van der Waals surface area (Å²) in [6.07, 6.45) is -2.73. The summed E-state index contributed by atoms with van der Waals surface area (Å²) in [5.74, 6) is 0.693. The van der Waals surface area contributed by atoms with Gasteiger partial charge in [0.15, 0.2) is 0 Å². The summed E-state index contributed by atoms with van der Waals surface area (Å²) >= 11 is 1.46. The molecule has 0 unspecified atom stereocenters. The summed E-state index contributed by atoms with van der Waals surface area (Å²) in [4.78, 5) is 4.49. The minimum atomic E-state index is -4.35. The van der Waals surface area contributed by atoms with E-state index in [4.69, 9.17) is 0 Å². The summed E-state index contributed by atoms with van der Waals surface area (Å²) in [6.45, 7) is 14.9. The molecule has 0 amide bonds. The van der Waals surface area contributed by atoms with Crippen LogP contribution in [0.4, 0.5) is 13.2 Å². The summed E-state index contributed by atoms with van der Waals surface area (Å²) in [5, 5.41) is 4.93. The molecule has 0 aliphatic rings. The highest BCUT2D eigenvalue weighted by atomic mass is 32.2. The number of benzene rings is 1. The number of halogens is 3. The molecule has 0 radical (unpaired) electrons. The maximum atomic E-state index is 12.9. The van der Waals surface area contributed by atoms with Crippen molar-refractivity contribution in [2.45, 2.75) is 40.8 Å². The number of alkyl halides is 3. The Hall–Kier alpha value is -1.69. The summed E-state index contributed by atoms with van der Waals surface area (Å²) in [6, 6.07) is 5.28. The van der Waals surface area contributed by atoms with Gasteiger partial charge in [0.2, 0.25) is 0 Å². The lowest BCUT2D eigenvalue weighted by molar-refractivity contribution is -0.137. The highest BCUT2D eigenvalue weighted by Gasteiger charge is 2.30. The molecule has 0 atom stereocenters. The largest absolute Gasteiger partial charge is 0.416 e. The van der Waals surface area contributed by atoms with Gasteiger partial charge in [-0.15, -0.1) is 0 Å². The highest BCUT2D eigenvalue weighted by Crippen LogP contribution is 2.31. The van der Waals surface area contributed by atoms with Crippen LogP contribution in [0.1, 0.15) is 45.7 Å². The second-order valence-corrected chi connectivity index (χ2v) is 7.93. The second-order valence-electron chi connectivity index (χ2n) is 6.81. The van der Waals surface area contributed by atoms with Crippen LogP contribution in [-0.2, 0) is 6.18 Å². The Kier molecular flexibility index (Phi) is 8.47. The number of nitrogens with zero attached hydrogens (tertiary/aromatic N) is 1. The van der Waals surface area contributed by atoms with Crippen LogP contribution in [0.2, 0.25) is 0 Å². The molecule has 0 heterocycles.